The third kappa shape index (κ3) is 6.03. The van der Waals surface area contributed by atoms with Crippen molar-refractivity contribution < 1.29 is 28.0 Å². The molecule has 0 aliphatic rings. The molecule has 0 bridgehead atoms. The zero-order valence-electron chi connectivity index (χ0n) is 17.7. The Hall–Kier alpha value is -4.01. The van der Waals surface area contributed by atoms with Crippen molar-refractivity contribution in [3.63, 3.8) is 0 Å². The summed E-state index contributed by atoms with van der Waals surface area (Å²) in [5.41, 5.74) is 1.17. The molecule has 1 N–H and O–H groups in total. The molecule has 3 aromatic rings. The van der Waals surface area contributed by atoms with E-state index in [1.54, 1.807) is 0 Å². The molecule has 3 rings (SSSR count). The third-order valence-electron chi connectivity index (χ3n) is 5.06. The Morgan fingerprint density at radius 3 is 2.06 bits per heavy atom. The van der Waals surface area contributed by atoms with Crippen LogP contribution in [0.4, 0.5) is 14.5 Å². The molecule has 0 aliphatic carbocycles. The van der Waals surface area contributed by atoms with Gasteiger partial charge in [0.2, 0.25) is 0 Å². The molecule has 0 heterocycles. The first-order valence-electron chi connectivity index (χ1n) is 10.1. The van der Waals surface area contributed by atoms with Crippen LogP contribution in [0.5, 0.6) is 11.5 Å². The largest absolute Gasteiger partial charge is 0.493 e. The summed E-state index contributed by atoms with van der Waals surface area (Å²) in [6.45, 7) is -2.98. The molecule has 9 heteroatoms. The highest BCUT2D eigenvalue weighted by Gasteiger charge is 2.26. The van der Waals surface area contributed by atoms with E-state index in [0.29, 0.717) is 6.42 Å². The second kappa shape index (κ2) is 11.0. The van der Waals surface area contributed by atoms with Gasteiger partial charge in [0.05, 0.1) is 18.1 Å². The number of alkyl halides is 2. The van der Waals surface area contributed by atoms with Gasteiger partial charge in [0.1, 0.15) is 5.56 Å². The number of ether oxygens (including phenoxy) is 2. The van der Waals surface area contributed by atoms with Crippen LogP contribution in [0.2, 0.25) is 0 Å². The second-order valence-electron chi connectivity index (χ2n) is 7.07. The van der Waals surface area contributed by atoms with Crippen molar-refractivity contribution >= 4 is 11.6 Å². The second-order valence-corrected chi connectivity index (χ2v) is 7.07. The van der Waals surface area contributed by atoms with Crippen molar-refractivity contribution in [2.45, 2.75) is 19.0 Å². The van der Waals surface area contributed by atoms with Gasteiger partial charge in [-0.05, 0) is 17.5 Å². The predicted molar refractivity (Wildman–Crippen MR) is 118 cm³/mol. The maximum absolute atomic E-state index is 12.8. The average molecular weight is 456 g/mol. The van der Waals surface area contributed by atoms with Crippen LogP contribution in [0.25, 0.3) is 0 Å². The monoisotopic (exact) mass is 456 g/mol. The van der Waals surface area contributed by atoms with E-state index in [-0.39, 0.29) is 23.8 Å². The number of benzene rings is 3. The van der Waals surface area contributed by atoms with Crippen LogP contribution >= 0.6 is 0 Å². The van der Waals surface area contributed by atoms with E-state index in [1.165, 1.54) is 7.11 Å². The van der Waals surface area contributed by atoms with Crippen molar-refractivity contribution in [3.8, 4) is 11.5 Å². The van der Waals surface area contributed by atoms with Gasteiger partial charge in [0.15, 0.2) is 11.5 Å². The van der Waals surface area contributed by atoms with E-state index in [9.17, 15) is 23.7 Å². The average Bonchev–Trinajstić information content (AvgIpc) is 2.82. The molecule has 33 heavy (non-hydrogen) atoms. The van der Waals surface area contributed by atoms with Gasteiger partial charge in [-0.3, -0.25) is 14.9 Å². The minimum absolute atomic E-state index is 0.000889. The summed E-state index contributed by atoms with van der Waals surface area (Å²) in [4.78, 5) is 23.4. The van der Waals surface area contributed by atoms with Crippen LogP contribution in [-0.4, -0.2) is 31.1 Å². The summed E-state index contributed by atoms with van der Waals surface area (Å²) < 4.78 is 34.5. The van der Waals surface area contributed by atoms with Crippen molar-refractivity contribution in [3.05, 3.63) is 99.6 Å². The first-order chi connectivity index (χ1) is 15.9. The highest BCUT2D eigenvalue weighted by molar-refractivity contribution is 5.99. The number of carbonyl (C=O) groups excluding carboxylic acids is 1. The maximum Gasteiger partial charge on any atom is 0.387 e. The van der Waals surface area contributed by atoms with E-state index in [2.05, 4.69) is 10.1 Å². The Kier molecular flexibility index (Phi) is 7.91. The molecule has 0 saturated heterocycles. The van der Waals surface area contributed by atoms with Gasteiger partial charge >= 0.3 is 6.61 Å². The molecule has 0 aliphatic heterocycles. The minimum Gasteiger partial charge on any atom is -0.493 e. The minimum atomic E-state index is -3.20. The molecule has 0 atom stereocenters. The number of hydrogen-bond donors (Lipinski definition) is 1. The quantitative estimate of drug-likeness (QED) is 0.336. The summed E-state index contributed by atoms with van der Waals surface area (Å²) in [5.74, 6) is -1.45. The first-order valence-corrected chi connectivity index (χ1v) is 10.1. The number of amides is 1. The summed E-state index contributed by atoms with van der Waals surface area (Å²) in [5, 5.41) is 14.1. The van der Waals surface area contributed by atoms with Gasteiger partial charge in [-0.25, -0.2) is 0 Å². The van der Waals surface area contributed by atoms with Gasteiger partial charge in [-0.2, -0.15) is 8.78 Å². The van der Waals surface area contributed by atoms with E-state index in [1.807, 2.05) is 60.7 Å². The van der Waals surface area contributed by atoms with Gasteiger partial charge in [0.25, 0.3) is 11.6 Å². The number of rotatable bonds is 10. The number of hydrogen-bond acceptors (Lipinski definition) is 5. The Morgan fingerprint density at radius 1 is 1.00 bits per heavy atom. The molecule has 172 valence electrons. The zero-order chi connectivity index (χ0) is 23.8. The first kappa shape index (κ1) is 23.6. The van der Waals surface area contributed by atoms with Crippen LogP contribution in [0.1, 0.15) is 33.8 Å². The maximum atomic E-state index is 12.8. The highest BCUT2D eigenvalue weighted by atomic mass is 19.3. The van der Waals surface area contributed by atoms with Gasteiger partial charge < -0.3 is 14.8 Å². The Bertz CT molecular complexity index is 1060. The predicted octanol–water partition coefficient (Wildman–Crippen LogP) is 5.16. The molecular formula is C24H22F2N2O5. The lowest BCUT2D eigenvalue weighted by atomic mass is 9.88. The molecule has 0 radical (unpaired) electrons. The van der Waals surface area contributed by atoms with Gasteiger partial charge in [-0.15, -0.1) is 0 Å². The Balaban J connectivity index is 1.80. The van der Waals surface area contributed by atoms with Gasteiger partial charge in [0, 0.05) is 18.5 Å². The lowest BCUT2D eigenvalue weighted by molar-refractivity contribution is -0.385. The normalized spacial score (nSPS) is 10.8. The molecule has 0 unspecified atom stereocenters. The molecule has 1 amide bonds. The van der Waals surface area contributed by atoms with Crippen molar-refractivity contribution in [1.29, 1.82) is 0 Å². The van der Waals surface area contributed by atoms with E-state index in [0.717, 1.165) is 23.3 Å². The number of nitro groups is 1. The zero-order valence-corrected chi connectivity index (χ0v) is 17.7. The lowest BCUT2D eigenvalue weighted by Crippen LogP contribution is -2.26. The van der Waals surface area contributed by atoms with Crippen LogP contribution in [0.3, 0.4) is 0 Å². The van der Waals surface area contributed by atoms with Crippen LogP contribution < -0.4 is 14.8 Å². The van der Waals surface area contributed by atoms with E-state index >= 15 is 0 Å². The summed E-state index contributed by atoms with van der Waals surface area (Å²) in [6.07, 6.45) is 0.539. The van der Waals surface area contributed by atoms with Crippen molar-refractivity contribution in [1.82, 2.24) is 5.32 Å². The number of nitro benzene ring substituents is 1. The van der Waals surface area contributed by atoms with Crippen molar-refractivity contribution in [2.75, 3.05) is 13.7 Å². The number of nitrogens with one attached hydrogen (secondary N) is 1. The van der Waals surface area contributed by atoms with Crippen molar-refractivity contribution in [2.24, 2.45) is 0 Å². The summed E-state index contributed by atoms with van der Waals surface area (Å²) in [6, 6.07) is 21.3. The molecule has 0 fully saturated rings. The number of nitrogens with zero attached hydrogens (tertiary/aromatic N) is 1. The molecule has 0 saturated carbocycles. The molecule has 7 nitrogen and oxygen atoms in total. The van der Waals surface area contributed by atoms with Gasteiger partial charge in [-0.1, -0.05) is 60.7 Å². The molecule has 3 aromatic carbocycles. The topological polar surface area (TPSA) is 90.7 Å². The fraction of sp³-hybridized carbons (Fsp3) is 0.208. The fourth-order valence-corrected chi connectivity index (χ4v) is 3.55. The molecular weight excluding hydrogens is 434 g/mol. The van der Waals surface area contributed by atoms with E-state index in [4.69, 9.17) is 4.74 Å². The summed E-state index contributed by atoms with van der Waals surface area (Å²) >= 11 is 0. The fourth-order valence-electron chi connectivity index (χ4n) is 3.55. The number of methoxy groups -OCH3 is 1. The van der Waals surface area contributed by atoms with E-state index < -0.39 is 28.9 Å². The van der Waals surface area contributed by atoms with Crippen LogP contribution in [0, 0.1) is 10.1 Å². The standard InChI is InChI=1S/C24H22F2N2O5/c1-32-21-14-19(20(28(30)31)15-22(21)33-24(25)26)23(29)27-13-12-18(16-8-4-2-5-9-16)17-10-6-3-7-11-17/h2-11,14-15,18,24H,12-13H2,1H3,(H,27,29). The smallest absolute Gasteiger partial charge is 0.387 e. The molecule has 0 spiro atoms. The number of halogens is 2. The lowest BCUT2D eigenvalue weighted by Gasteiger charge is -2.18. The Labute approximate surface area is 189 Å². The molecule has 0 aromatic heterocycles. The van der Waals surface area contributed by atoms with Crippen LogP contribution in [-0.2, 0) is 0 Å². The highest BCUT2D eigenvalue weighted by Crippen LogP contribution is 2.36. The van der Waals surface area contributed by atoms with Crippen LogP contribution in [0.15, 0.2) is 72.8 Å². The third-order valence-corrected chi connectivity index (χ3v) is 5.06. The Morgan fingerprint density at radius 2 is 1.58 bits per heavy atom. The summed E-state index contributed by atoms with van der Waals surface area (Å²) in [7, 11) is 1.19. The SMILES string of the molecule is COc1cc(C(=O)NCCC(c2ccccc2)c2ccccc2)c([N+](=O)[O-])cc1OC(F)F. The number of carbonyl (C=O) groups is 1.